The smallest absolute Gasteiger partial charge is 0.358 e. The van der Waals surface area contributed by atoms with Gasteiger partial charge < -0.3 is 9.84 Å². The van der Waals surface area contributed by atoms with Crippen LogP contribution in [0.15, 0.2) is 18.2 Å². The van der Waals surface area contributed by atoms with E-state index < -0.39 is 5.97 Å². The zero-order chi connectivity index (χ0) is 13.6. The Labute approximate surface area is 107 Å². The Morgan fingerprint density at radius 2 is 2.26 bits per heavy atom. The molecule has 0 fully saturated rings. The van der Waals surface area contributed by atoms with Crippen molar-refractivity contribution in [2.24, 2.45) is 0 Å². The van der Waals surface area contributed by atoms with Gasteiger partial charge in [-0.3, -0.25) is 0 Å². The molecule has 0 unspecified atom stereocenters. The van der Waals surface area contributed by atoms with Gasteiger partial charge in [-0.25, -0.2) is 14.3 Å². The maximum atomic E-state index is 11.5. The Hall–Kier alpha value is -2.70. The number of carboxylic acids is 1. The molecule has 0 bridgehead atoms. The summed E-state index contributed by atoms with van der Waals surface area (Å²) in [6, 6.07) is 5.13. The molecule has 96 valence electrons. The molecule has 2 aromatic rings. The molecule has 1 aliphatic rings. The molecular weight excluding hydrogens is 250 g/mol. The molecule has 0 atom stereocenters. The minimum Gasteiger partial charge on any atom is -0.476 e. The Bertz CT molecular complexity index is 705. The predicted octanol–water partition coefficient (Wildman–Crippen LogP) is 0.944. The molecular formula is C12H9N3O4. The van der Waals surface area contributed by atoms with Gasteiger partial charge >= 0.3 is 11.9 Å². The molecule has 1 N–H and O–H groups in total. The van der Waals surface area contributed by atoms with Gasteiger partial charge in [-0.05, 0) is 19.1 Å². The van der Waals surface area contributed by atoms with Crippen LogP contribution in [-0.4, -0.2) is 32.0 Å². The number of carbonyl (C=O) groups is 2. The zero-order valence-corrected chi connectivity index (χ0v) is 9.95. The van der Waals surface area contributed by atoms with Crippen molar-refractivity contribution in [3.05, 3.63) is 40.7 Å². The van der Waals surface area contributed by atoms with E-state index in [1.165, 1.54) is 4.68 Å². The van der Waals surface area contributed by atoms with Crippen LogP contribution >= 0.6 is 0 Å². The third-order valence-electron chi connectivity index (χ3n) is 3.01. The van der Waals surface area contributed by atoms with Gasteiger partial charge in [-0.2, -0.15) is 0 Å². The van der Waals surface area contributed by atoms with E-state index >= 15 is 0 Å². The van der Waals surface area contributed by atoms with Crippen molar-refractivity contribution in [2.75, 3.05) is 0 Å². The van der Waals surface area contributed by atoms with E-state index in [0.717, 1.165) is 5.56 Å². The minimum atomic E-state index is -1.13. The summed E-state index contributed by atoms with van der Waals surface area (Å²) in [4.78, 5) is 22.4. The number of esters is 1. The second-order valence-electron chi connectivity index (χ2n) is 4.16. The molecule has 3 rings (SSSR count). The average Bonchev–Trinajstić information content (AvgIpc) is 2.93. The summed E-state index contributed by atoms with van der Waals surface area (Å²) < 4.78 is 6.29. The molecule has 0 saturated heterocycles. The fourth-order valence-electron chi connectivity index (χ4n) is 2.01. The number of ether oxygens (including phenoxy) is 1. The maximum Gasteiger partial charge on any atom is 0.358 e. The summed E-state index contributed by atoms with van der Waals surface area (Å²) >= 11 is 0. The fourth-order valence-corrected chi connectivity index (χ4v) is 2.01. The second-order valence-corrected chi connectivity index (χ2v) is 4.16. The third kappa shape index (κ3) is 1.67. The predicted molar refractivity (Wildman–Crippen MR) is 62.2 cm³/mol. The summed E-state index contributed by atoms with van der Waals surface area (Å²) in [5.41, 5.74) is 2.16. The number of carboxylic acid groups (broad SMARTS) is 1. The van der Waals surface area contributed by atoms with E-state index in [4.69, 9.17) is 9.84 Å². The Balaban J connectivity index is 2.11. The molecule has 19 heavy (non-hydrogen) atoms. The number of rotatable bonds is 2. The van der Waals surface area contributed by atoms with Gasteiger partial charge in [0.25, 0.3) is 0 Å². The van der Waals surface area contributed by atoms with Gasteiger partial charge in [0.15, 0.2) is 5.69 Å². The van der Waals surface area contributed by atoms with Crippen LogP contribution in [0.25, 0.3) is 5.69 Å². The van der Waals surface area contributed by atoms with Gasteiger partial charge in [-0.1, -0.05) is 11.3 Å². The summed E-state index contributed by atoms with van der Waals surface area (Å²) in [5.74, 6) is -1.52. The molecule has 1 aromatic heterocycles. The number of cyclic esters (lactones) is 1. The molecule has 1 aromatic carbocycles. The van der Waals surface area contributed by atoms with Crippen molar-refractivity contribution in [1.82, 2.24) is 15.0 Å². The summed E-state index contributed by atoms with van der Waals surface area (Å²) in [5, 5.41) is 16.3. The highest BCUT2D eigenvalue weighted by atomic mass is 16.5. The van der Waals surface area contributed by atoms with E-state index in [-0.39, 0.29) is 18.3 Å². The van der Waals surface area contributed by atoms with E-state index in [0.29, 0.717) is 16.9 Å². The zero-order valence-electron chi connectivity index (χ0n) is 9.95. The number of hydrogen-bond donors (Lipinski definition) is 1. The molecule has 0 spiro atoms. The molecule has 7 heteroatoms. The van der Waals surface area contributed by atoms with E-state index in [2.05, 4.69) is 10.3 Å². The first kappa shape index (κ1) is 11.4. The largest absolute Gasteiger partial charge is 0.476 e. The van der Waals surface area contributed by atoms with Gasteiger partial charge in [-0.15, -0.1) is 5.10 Å². The van der Waals surface area contributed by atoms with Crippen LogP contribution in [0.5, 0.6) is 0 Å². The monoisotopic (exact) mass is 259 g/mol. The van der Waals surface area contributed by atoms with Crippen LogP contribution in [0.4, 0.5) is 0 Å². The van der Waals surface area contributed by atoms with Crippen LogP contribution in [0, 0.1) is 6.92 Å². The van der Waals surface area contributed by atoms with Gasteiger partial charge in [0, 0.05) is 5.56 Å². The van der Waals surface area contributed by atoms with Crippen molar-refractivity contribution in [3.63, 3.8) is 0 Å². The molecule has 0 amide bonds. The highest BCUT2D eigenvalue weighted by Gasteiger charge is 2.23. The quantitative estimate of drug-likeness (QED) is 0.807. The summed E-state index contributed by atoms with van der Waals surface area (Å²) in [6.07, 6.45) is 0. The highest BCUT2D eigenvalue weighted by molar-refractivity contribution is 5.94. The number of nitrogens with zero attached hydrogens (tertiary/aromatic N) is 3. The minimum absolute atomic E-state index is 0.108. The molecule has 0 radical (unpaired) electrons. The standard InChI is InChI=1S/C12H9N3O4/c1-6-10(11(16)17)13-14-15(6)8-3-2-7-5-19-12(18)9(7)4-8/h2-4H,5H2,1H3,(H,16,17). The van der Waals surface area contributed by atoms with Gasteiger partial charge in [0.2, 0.25) is 0 Å². The van der Waals surface area contributed by atoms with Crippen molar-refractivity contribution >= 4 is 11.9 Å². The van der Waals surface area contributed by atoms with Crippen LogP contribution in [0.1, 0.15) is 32.1 Å². The first-order chi connectivity index (χ1) is 9.08. The Kier molecular flexibility index (Phi) is 2.34. The number of carbonyl (C=O) groups excluding carboxylic acids is 1. The third-order valence-corrected chi connectivity index (χ3v) is 3.01. The SMILES string of the molecule is Cc1c(C(=O)O)nnn1-c1ccc2c(c1)C(=O)OC2. The normalized spacial score (nSPS) is 13.2. The highest BCUT2D eigenvalue weighted by Crippen LogP contribution is 2.23. The topological polar surface area (TPSA) is 94.3 Å². The number of aromatic carboxylic acids is 1. The fraction of sp³-hybridized carbons (Fsp3) is 0.167. The summed E-state index contributed by atoms with van der Waals surface area (Å²) in [7, 11) is 0. The van der Waals surface area contributed by atoms with Crippen LogP contribution < -0.4 is 0 Å². The van der Waals surface area contributed by atoms with Crippen molar-refractivity contribution in [3.8, 4) is 5.69 Å². The van der Waals surface area contributed by atoms with E-state index in [1.807, 2.05) is 0 Å². The first-order valence-corrected chi connectivity index (χ1v) is 5.54. The molecule has 2 heterocycles. The number of hydrogen-bond acceptors (Lipinski definition) is 5. The Morgan fingerprint density at radius 1 is 1.47 bits per heavy atom. The summed E-state index contributed by atoms with van der Waals surface area (Å²) in [6.45, 7) is 1.88. The lowest BCUT2D eigenvalue weighted by molar-refractivity contribution is 0.0534. The van der Waals surface area contributed by atoms with Crippen molar-refractivity contribution in [1.29, 1.82) is 0 Å². The lowest BCUT2D eigenvalue weighted by Gasteiger charge is -2.04. The second kappa shape index (κ2) is 3.91. The number of aromatic nitrogens is 3. The number of fused-ring (bicyclic) bond motifs is 1. The average molecular weight is 259 g/mol. The number of benzene rings is 1. The van der Waals surface area contributed by atoms with Gasteiger partial charge in [0.1, 0.15) is 6.61 Å². The van der Waals surface area contributed by atoms with Crippen LogP contribution in [-0.2, 0) is 11.3 Å². The maximum absolute atomic E-state index is 11.5. The molecule has 7 nitrogen and oxygen atoms in total. The van der Waals surface area contributed by atoms with Crippen LogP contribution in [0.2, 0.25) is 0 Å². The Morgan fingerprint density at radius 3 is 2.95 bits per heavy atom. The van der Waals surface area contributed by atoms with E-state index in [1.54, 1.807) is 25.1 Å². The van der Waals surface area contributed by atoms with Crippen LogP contribution in [0.3, 0.4) is 0 Å². The van der Waals surface area contributed by atoms with Crippen molar-refractivity contribution < 1.29 is 19.4 Å². The van der Waals surface area contributed by atoms with Crippen molar-refractivity contribution in [2.45, 2.75) is 13.5 Å². The molecule has 0 saturated carbocycles. The first-order valence-electron chi connectivity index (χ1n) is 5.54. The molecule has 0 aliphatic carbocycles. The van der Waals surface area contributed by atoms with Gasteiger partial charge in [0.05, 0.1) is 16.9 Å². The lowest BCUT2D eigenvalue weighted by Crippen LogP contribution is -2.04. The molecule has 1 aliphatic heterocycles. The van der Waals surface area contributed by atoms with E-state index in [9.17, 15) is 9.59 Å². The lowest BCUT2D eigenvalue weighted by atomic mass is 10.1.